The van der Waals surface area contributed by atoms with Gasteiger partial charge in [0.15, 0.2) is 0 Å². The molecular weight excluding hydrogens is 232 g/mol. The number of benzene rings is 1. The molecule has 0 unspecified atom stereocenters. The third-order valence-corrected chi connectivity index (χ3v) is 3.28. The zero-order valence-corrected chi connectivity index (χ0v) is 11.4. The molecule has 1 heterocycles. The Kier molecular flexibility index (Phi) is 3.50. The Morgan fingerprint density at radius 2 is 1.83 bits per heavy atom. The highest BCUT2D eigenvalue weighted by molar-refractivity contribution is 5.54. The van der Waals surface area contributed by atoms with Gasteiger partial charge in [-0.3, -0.25) is 0 Å². The second-order valence-corrected chi connectivity index (χ2v) is 4.46. The van der Waals surface area contributed by atoms with Crippen molar-refractivity contribution in [3.63, 3.8) is 0 Å². The van der Waals surface area contributed by atoms with Gasteiger partial charge in [-0.1, -0.05) is 0 Å². The summed E-state index contributed by atoms with van der Waals surface area (Å²) in [6.07, 6.45) is 0.499. The zero-order chi connectivity index (χ0) is 13.3. The summed E-state index contributed by atoms with van der Waals surface area (Å²) >= 11 is 0. The zero-order valence-electron chi connectivity index (χ0n) is 11.4. The number of rotatable bonds is 4. The molecule has 0 bridgehead atoms. The van der Waals surface area contributed by atoms with Crippen molar-refractivity contribution in [3.8, 4) is 11.5 Å². The third kappa shape index (κ3) is 2.06. The molecule has 1 aromatic rings. The van der Waals surface area contributed by atoms with Gasteiger partial charge in [-0.15, -0.1) is 0 Å². The lowest BCUT2D eigenvalue weighted by molar-refractivity contribution is -0.330. The molecule has 0 saturated carbocycles. The molecule has 0 amide bonds. The molecule has 0 saturated heterocycles. The molecule has 18 heavy (non-hydrogen) atoms. The van der Waals surface area contributed by atoms with Crippen molar-refractivity contribution in [1.82, 2.24) is 0 Å². The summed E-state index contributed by atoms with van der Waals surface area (Å²) in [6, 6.07) is 1.73. The Balaban J connectivity index is 2.39. The average Bonchev–Trinajstić information content (AvgIpc) is 2.66. The smallest absolute Gasteiger partial charge is 0.331 e. The van der Waals surface area contributed by atoms with E-state index in [2.05, 4.69) is 0 Å². The quantitative estimate of drug-likeness (QED) is 0.837. The molecular formula is C14H20O4. The SMILES string of the molecule is CCOC1(OCC)Cc2cc(O)c(C)c(C)c2O1. The van der Waals surface area contributed by atoms with Gasteiger partial charge in [0.25, 0.3) is 0 Å². The topological polar surface area (TPSA) is 47.9 Å². The minimum atomic E-state index is -1.03. The Hall–Kier alpha value is -1.26. The van der Waals surface area contributed by atoms with Crippen molar-refractivity contribution in [1.29, 1.82) is 0 Å². The van der Waals surface area contributed by atoms with Crippen LogP contribution in [0.25, 0.3) is 0 Å². The van der Waals surface area contributed by atoms with Crippen LogP contribution in [0.15, 0.2) is 6.07 Å². The van der Waals surface area contributed by atoms with Crippen LogP contribution >= 0.6 is 0 Å². The number of phenolic OH excluding ortho intramolecular Hbond substituents is 1. The first-order chi connectivity index (χ1) is 8.53. The summed E-state index contributed by atoms with van der Waals surface area (Å²) in [6.45, 7) is 8.64. The molecule has 1 aliphatic rings. The fourth-order valence-corrected chi connectivity index (χ4v) is 2.28. The second-order valence-electron chi connectivity index (χ2n) is 4.46. The molecule has 2 rings (SSSR count). The Labute approximate surface area is 107 Å². The van der Waals surface area contributed by atoms with Gasteiger partial charge in [0.2, 0.25) is 0 Å². The molecule has 4 nitrogen and oxygen atoms in total. The van der Waals surface area contributed by atoms with E-state index in [4.69, 9.17) is 14.2 Å². The van der Waals surface area contributed by atoms with Gasteiger partial charge in [0.05, 0.1) is 19.6 Å². The second kappa shape index (κ2) is 4.78. The fraction of sp³-hybridized carbons (Fsp3) is 0.571. The van der Waals surface area contributed by atoms with E-state index >= 15 is 0 Å². The Bertz CT molecular complexity index is 448. The third-order valence-electron chi connectivity index (χ3n) is 3.28. The lowest BCUT2D eigenvalue weighted by atomic mass is 10.0. The predicted octanol–water partition coefficient (Wildman–Crippen LogP) is 2.67. The van der Waals surface area contributed by atoms with Gasteiger partial charge in [-0.2, -0.15) is 0 Å². The van der Waals surface area contributed by atoms with Crippen molar-refractivity contribution >= 4 is 0 Å². The highest BCUT2D eigenvalue weighted by Gasteiger charge is 2.43. The molecule has 0 atom stereocenters. The molecule has 1 aliphatic heterocycles. The van der Waals surface area contributed by atoms with Gasteiger partial charge >= 0.3 is 5.97 Å². The first kappa shape index (κ1) is 13.2. The van der Waals surface area contributed by atoms with E-state index in [0.29, 0.717) is 25.4 Å². The average molecular weight is 252 g/mol. The van der Waals surface area contributed by atoms with Gasteiger partial charge in [0, 0.05) is 5.56 Å². The normalized spacial score (nSPS) is 16.4. The molecule has 0 spiro atoms. The summed E-state index contributed by atoms with van der Waals surface area (Å²) < 4.78 is 17.1. The summed E-state index contributed by atoms with van der Waals surface area (Å²) in [4.78, 5) is 0. The maximum Gasteiger partial charge on any atom is 0.331 e. The van der Waals surface area contributed by atoms with Gasteiger partial charge in [-0.25, -0.2) is 0 Å². The van der Waals surface area contributed by atoms with Crippen LogP contribution in [-0.4, -0.2) is 24.3 Å². The number of ether oxygens (including phenoxy) is 3. The van der Waals surface area contributed by atoms with Crippen molar-refractivity contribution < 1.29 is 19.3 Å². The summed E-state index contributed by atoms with van der Waals surface area (Å²) in [7, 11) is 0. The summed E-state index contributed by atoms with van der Waals surface area (Å²) in [5.41, 5.74) is 2.70. The lowest BCUT2D eigenvalue weighted by Crippen LogP contribution is -2.41. The van der Waals surface area contributed by atoms with E-state index in [1.165, 1.54) is 0 Å². The van der Waals surface area contributed by atoms with Crippen LogP contribution < -0.4 is 4.74 Å². The van der Waals surface area contributed by atoms with E-state index < -0.39 is 5.97 Å². The summed E-state index contributed by atoms with van der Waals surface area (Å²) in [5, 5.41) is 9.86. The van der Waals surface area contributed by atoms with Crippen molar-refractivity contribution in [2.24, 2.45) is 0 Å². The first-order valence-electron chi connectivity index (χ1n) is 6.32. The van der Waals surface area contributed by atoms with Crippen molar-refractivity contribution in [2.45, 2.75) is 40.1 Å². The summed E-state index contributed by atoms with van der Waals surface area (Å²) in [5.74, 6) is 0.0300. The number of fused-ring (bicyclic) bond motifs is 1. The van der Waals surface area contributed by atoms with Crippen LogP contribution in [0, 0.1) is 13.8 Å². The minimum Gasteiger partial charge on any atom is -0.508 e. The highest BCUT2D eigenvalue weighted by Crippen LogP contribution is 2.42. The maximum absolute atomic E-state index is 9.86. The number of phenols is 1. The van der Waals surface area contributed by atoms with Gasteiger partial charge in [-0.05, 0) is 44.9 Å². The van der Waals surface area contributed by atoms with E-state index in [0.717, 1.165) is 22.4 Å². The molecule has 1 aromatic carbocycles. The minimum absolute atomic E-state index is 0.290. The molecule has 0 aliphatic carbocycles. The molecule has 100 valence electrons. The molecule has 4 heteroatoms. The lowest BCUT2D eigenvalue weighted by Gasteiger charge is -2.27. The highest BCUT2D eigenvalue weighted by atomic mass is 16.9. The van der Waals surface area contributed by atoms with Crippen molar-refractivity contribution in [2.75, 3.05) is 13.2 Å². The fourth-order valence-electron chi connectivity index (χ4n) is 2.28. The molecule has 0 radical (unpaired) electrons. The van der Waals surface area contributed by atoms with E-state index in [1.54, 1.807) is 6.07 Å². The van der Waals surface area contributed by atoms with Crippen LogP contribution in [0.3, 0.4) is 0 Å². The number of hydrogen-bond acceptors (Lipinski definition) is 4. The van der Waals surface area contributed by atoms with Crippen LogP contribution in [-0.2, 0) is 15.9 Å². The monoisotopic (exact) mass is 252 g/mol. The molecule has 0 fully saturated rings. The van der Waals surface area contributed by atoms with Crippen molar-refractivity contribution in [3.05, 3.63) is 22.8 Å². The van der Waals surface area contributed by atoms with Crippen LogP contribution in [0.4, 0.5) is 0 Å². The molecule has 1 N–H and O–H groups in total. The van der Waals surface area contributed by atoms with Gasteiger partial charge < -0.3 is 19.3 Å². The standard InChI is InChI=1S/C14H20O4/c1-5-16-14(17-6-2)8-11-7-12(15)9(3)10(4)13(11)18-14/h7,15H,5-6,8H2,1-4H3. The maximum atomic E-state index is 9.86. The van der Waals surface area contributed by atoms with Gasteiger partial charge in [0.1, 0.15) is 11.5 Å². The predicted molar refractivity (Wildman–Crippen MR) is 67.9 cm³/mol. The van der Waals surface area contributed by atoms with Crippen LogP contribution in [0.1, 0.15) is 30.5 Å². The first-order valence-corrected chi connectivity index (χ1v) is 6.32. The van der Waals surface area contributed by atoms with E-state index in [1.807, 2.05) is 27.7 Å². The Morgan fingerprint density at radius 1 is 1.22 bits per heavy atom. The largest absolute Gasteiger partial charge is 0.508 e. The Morgan fingerprint density at radius 3 is 2.39 bits per heavy atom. The van der Waals surface area contributed by atoms with Crippen LogP contribution in [0.5, 0.6) is 11.5 Å². The number of aromatic hydroxyl groups is 1. The molecule has 0 aromatic heterocycles. The van der Waals surface area contributed by atoms with E-state index in [9.17, 15) is 5.11 Å². The van der Waals surface area contributed by atoms with Crippen LogP contribution in [0.2, 0.25) is 0 Å². The van der Waals surface area contributed by atoms with E-state index in [-0.39, 0.29) is 0 Å². The number of hydrogen-bond donors (Lipinski definition) is 1.